The molecule has 1 heterocycles. The maximum absolute atomic E-state index is 12.2. The largest absolute Gasteiger partial charge is 0.383 e. The van der Waals surface area contributed by atoms with Gasteiger partial charge in [-0.3, -0.25) is 14.6 Å². The van der Waals surface area contributed by atoms with Gasteiger partial charge in [0, 0.05) is 31.1 Å². The number of hydrogen-bond acceptors (Lipinski definition) is 5. The average Bonchev–Trinajstić information content (AvgIpc) is 2.62. The third-order valence-corrected chi connectivity index (χ3v) is 3.10. The van der Waals surface area contributed by atoms with Crippen LogP contribution in [0.2, 0.25) is 0 Å². The monoisotopic (exact) mass is 324 g/mol. The zero-order chi connectivity index (χ0) is 17.4. The number of methoxy groups -OCH3 is 1. The third kappa shape index (κ3) is 4.63. The van der Waals surface area contributed by atoms with Gasteiger partial charge in [-0.2, -0.15) is 5.26 Å². The van der Waals surface area contributed by atoms with E-state index in [4.69, 9.17) is 10.00 Å². The number of benzene rings is 1. The Morgan fingerprint density at radius 2 is 2.08 bits per heavy atom. The molecule has 0 atom stereocenters. The van der Waals surface area contributed by atoms with Crippen molar-refractivity contribution in [1.82, 2.24) is 10.3 Å². The molecule has 0 aliphatic rings. The molecule has 0 aliphatic carbocycles. The second-order valence-electron chi connectivity index (χ2n) is 4.83. The molecule has 0 aliphatic heterocycles. The molecule has 0 saturated carbocycles. The van der Waals surface area contributed by atoms with Gasteiger partial charge in [-0.1, -0.05) is 6.07 Å². The number of amides is 2. The highest BCUT2D eigenvalue weighted by atomic mass is 16.5. The molecule has 1 aromatic carbocycles. The minimum Gasteiger partial charge on any atom is -0.383 e. The van der Waals surface area contributed by atoms with E-state index in [9.17, 15) is 9.59 Å². The molecule has 7 nitrogen and oxygen atoms in total. The smallest absolute Gasteiger partial charge is 0.274 e. The van der Waals surface area contributed by atoms with E-state index in [0.29, 0.717) is 30.0 Å². The molecule has 2 aromatic rings. The minimum absolute atomic E-state index is 0.108. The number of anilines is 1. The molecule has 122 valence electrons. The zero-order valence-corrected chi connectivity index (χ0v) is 13.1. The Labute approximate surface area is 139 Å². The average molecular weight is 324 g/mol. The fourth-order valence-electron chi connectivity index (χ4n) is 1.93. The Bertz CT molecular complexity index is 783. The van der Waals surface area contributed by atoms with E-state index in [-0.39, 0.29) is 11.6 Å². The van der Waals surface area contributed by atoms with E-state index in [1.54, 1.807) is 31.4 Å². The quantitative estimate of drug-likeness (QED) is 0.785. The first-order valence-corrected chi connectivity index (χ1v) is 7.18. The van der Waals surface area contributed by atoms with Crippen LogP contribution >= 0.6 is 0 Å². The normalized spacial score (nSPS) is 9.83. The number of hydrogen-bond donors (Lipinski definition) is 2. The molecule has 2 amide bonds. The van der Waals surface area contributed by atoms with Crippen LogP contribution in [0.1, 0.15) is 26.4 Å². The lowest BCUT2D eigenvalue weighted by Crippen LogP contribution is -2.27. The van der Waals surface area contributed by atoms with Gasteiger partial charge in [0.25, 0.3) is 11.8 Å². The molecular weight excluding hydrogens is 308 g/mol. The van der Waals surface area contributed by atoms with E-state index < -0.39 is 5.91 Å². The molecule has 7 heteroatoms. The topological polar surface area (TPSA) is 104 Å². The van der Waals surface area contributed by atoms with Gasteiger partial charge in [0.2, 0.25) is 0 Å². The summed E-state index contributed by atoms with van der Waals surface area (Å²) in [6.45, 7) is 0.777. The summed E-state index contributed by atoms with van der Waals surface area (Å²) in [7, 11) is 1.54. The summed E-state index contributed by atoms with van der Waals surface area (Å²) in [6, 6.07) is 11.5. The molecule has 2 N–H and O–H groups in total. The SMILES string of the molecule is COCCNC(=O)c1ccnc(C(=O)Nc2cccc(C#N)c2)c1. The van der Waals surface area contributed by atoms with Gasteiger partial charge in [-0.05, 0) is 30.3 Å². The van der Waals surface area contributed by atoms with Crippen LogP contribution in [0.15, 0.2) is 42.6 Å². The van der Waals surface area contributed by atoms with Crippen LogP contribution in [0, 0.1) is 11.3 Å². The predicted octanol–water partition coefficient (Wildman–Crippen LogP) is 1.58. The molecule has 0 bridgehead atoms. The van der Waals surface area contributed by atoms with Crippen LogP contribution in [0.5, 0.6) is 0 Å². The number of nitrogens with zero attached hydrogens (tertiary/aromatic N) is 2. The molecule has 2 rings (SSSR count). The number of rotatable bonds is 6. The fraction of sp³-hybridized carbons (Fsp3) is 0.176. The first kappa shape index (κ1) is 17.1. The van der Waals surface area contributed by atoms with Crippen molar-refractivity contribution in [2.45, 2.75) is 0 Å². The lowest BCUT2D eigenvalue weighted by atomic mass is 10.2. The van der Waals surface area contributed by atoms with Crippen molar-refractivity contribution < 1.29 is 14.3 Å². The maximum atomic E-state index is 12.2. The second kappa shape index (κ2) is 8.41. The lowest BCUT2D eigenvalue weighted by molar-refractivity contribution is 0.0937. The van der Waals surface area contributed by atoms with Gasteiger partial charge in [-0.15, -0.1) is 0 Å². The Balaban J connectivity index is 2.08. The van der Waals surface area contributed by atoms with Gasteiger partial charge in [0.1, 0.15) is 5.69 Å². The molecule has 0 unspecified atom stereocenters. The van der Waals surface area contributed by atoms with Crippen LogP contribution < -0.4 is 10.6 Å². The Morgan fingerprint density at radius 1 is 1.25 bits per heavy atom. The minimum atomic E-state index is -0.461. The highest BCUT2D eigenvalue weighted by molar-refractivity contribution is 6.04. The first-order chi connectivity index (χ1) is 11.6. The zero-order valence-electron chi connectivity index (χ0n) is 13.1. The predicted molar refractivity (Wildman–Crippen MR) is 87.6 cm³/mol. The summed E-state index contributed by atoms with van der Waals surface area (Å²) in [5.41, 5.74) is 1.36. The number of nitriles is 1. The van der Waals surface area contributed by atoms with E-state index in [1.165, 1.54) is 18.3 Å². The molecule has 1 aromatic heterocycles. The summed E-state index contributed by atoms with van der Waals surface area (Å²) in [4.78, 5) is 28.2. The highest BCUT2D eigenvalue weighted by Gasteiger charge is 2.12. The standard InChI is InChI=1S/C17H16N4O3/c1-24-8-7-20-16(22)13-5-6-19-15(10-13)17(23)21-14-4-2-3-12(9-14)11-18/h2-6,9-10H,7-8H2,1H3,(H,20,22)(H,21,23). The highest BCUT2D eigenvalue weighted by Crippen LogP contribution is 2.11. The molecule has 0 radical (unpaired) electrons. The van der Waals surface area contributed by atoms with Gasteiger partial charge < -0.3 is 15.4 Å². The van der Waals surface area contributed by atoms with Crippen molar-refractivity contribution in [3.8, 4) is 6.07 Å². The summed E-state index contributed by atoms with van der Waals surface area (Å²) in [5.74, 6) is -0.772. The Morgan fingerprint density at radius 3 is 2.83 bits per heavy atom. The van der Waals surface area contributed by atoms with Gasteiger partial charge in [-0.25, -0.2) is 0 Å². The number of aromatic nitrogens is 1. The van der Waals surface area contributed by atoms with E-state index >= 15 is 0 Å². The molecule has 24 heavy (non-hydrogen) atoms. The molecule has 0 fully saturated rings. The van der Waals surface area contributed by atoms with Crippen molar-refractivity contribution in [2.75, 3.05) is 25.6 Å². The van der Waals surface area contributed by atoms with Crippen molar-refractivity contribution in [3.05, 3.63) is 59.4 Å². The number of carbonyl (C=O) groups excluding carboxylic acids is 2. The molecular formula is C17H16N4O3. The fourth-order valence-corrected chi connectivity index (χ4v) is 1.93. The van der Waals surface area contributed by atoms with Crippen LogP contribution in [-0.4, -0.2) is 37.1 Å². The maximum Gasteiger partial charge on any atom is 0.274 e. The van der Waals surface area contributed by atoms with E-state index in [0.717, 1.165) is 0 Å². The molecule has 0 saturated heterocycles. The van der Waals surface area contributed by atoms with Crippen molar-refractivity contribution in [2.24, 2.45) is 0 Å². The van der Waals surface area contributed by atoms with Gasteiger partial charge >= 0.3 is 0 Å². The summed E-state index contributed by atoms with van der Waals surface area (Å²) >= 11 is 0. The van der Waals surface area contributed by atoms with Crippen LogP contribution in [0.4, 0.5) is 5.69 Å². The summed E-state index contributed by atoms with van der Waals surface area (Å²) in [5, 5.41) is 14.2. The summed E-state index contributed by atoms with van der Waals surface area (Å²) in [6.07, 6.45) is 1.39. The number of pyridine rings is 1. The van der Waals surface area contributed by atoms with Crippen molar-refractivity contribution >= 4 is 17.5 Å². The molecule has 0 spiro atoms. The first-order valence-electron chi connectivity index (χ1n) is 7.18. The Hall–Kier alpha value is -3.24. The number of nitrogens with one attached hydrogen (secondary N) is 2. The van der Waals surface area contributed by atoms with Gasteiger partial charge in [0.15, 0.2) is 0 Å². The van der Waals surface area contributed by atoms with Crippen molar-refractivity contribution in [3.63, 3.8) is 0 Å². The van der Waals surface area contributed by atoms with Crippen LogP contribution in [0.25, 0.3) is 0 Å². The second-order valence-corrected chi connectivity index (χ2v) is 4.83. The van der Waals surface area contributed by atoms with Crippen LogP contribution in [0.3, 0.4) is 0 Å². The van der Waals surface area contributed by atoms with Crippen molar-refractivity contribution in [1.29, 1.82) is 5.26 Å². The van der Waals surface area contributed by atoms with E-state index in [2.05, 4.69) is 15.6 Å². The lowest BCUT2D eigenvalue weighted by Gasteiger charge is -2.07. The van der Waals surface area contributed by atoms with Crippen LogP contribution in [-0.2, 0) is 4.74 Å². The number of carbonyl (C=O) groups is 2. The van der Waals surface area contributed by atoms with Gasteiger partial charge in [0.05, 0.1) is 18.2 Å². The third-order valence-electron chi connectivity index (χ3n) is 3.10. The van der Waals surface area contributed by atoms with E-state index in [1.807, 2.05) is 6.07 Å². The Kier molecular flexibility index (Phi) is 6.00. The summed E-state index contributed by atoms with van der Waals surface area (Å²) < 4.78 is 4.86. The number of ether oxygens (including phenoxy) is 1.